The zero-order chi connectivity index (χ0) is 14.2. The maximum atomic E-state index is 11.7. The van der Waals surface area contributed by atoms with E-state index < -0.39 is 5.97 Å². The van der Waals surface area contributed by atoms with E-state index in [1.165, 1.54) is 12.3 Å². The lowest BCUT2D eigenvalue weighted by Crippen LogP contribution is -2.53. The van der Waals surface area contributed by atoms with E-state index in [1.807, 2.05) is 18.2 Å². The number of aromatic nitrogens is 2. The number of carbonyl (C=O) groups is 1. The van der Waals surface area contributed by atoms with Crippen LogP contribution in [0.3, 0.4) is 0 Å². The lowest BCUT2D eigenvalue weighted by atomic mass is 10.2. The van der Waals surface area contributed by atoms with Crippen molar-refractivity contribution in [1.82, 2.24) is 10.1 Å². The zero-order valence-electron chi connectivity index (χ0n) is 10.9. The van der Waals surface area contributed by atoms with Gasteiger partial charge in [-0.1, -0.05) is 28.6 Å². The van der Waals surface area contributed by atoms with Gasteiger partial charge in [0.1, 0.15) is 6.10 Å². The molecular formula is C14H11N3O3S. The Morgan fingerprint density at radius 3 is 2.95 bits per heavy atom. The number of fused-ring (bicyclic) bond motifs is 1. The van der Waals surface area contributed by atoms with Gasteiger partial charge < -0.3 is 14.2 Å². The molecule has 3 aromatic rings. The van der Waals surface area contributed by atoms with Crippen molar-refractivity contribution in [2.24, 2.45) is 0 Å². The van der Waals surface area contributed by atoms with Crippen LogP contribution < -0.4 is 4.90 Å². The van der Waals surface area contributed by atoms with Crippen molar-refractivity contribution >= 4 is 32.7 Å². The number of ether oxygens (including phenoxy) is 1. The molecule has 7 heteroatoms. The fourth-order valence-electron chi connectivity index (χ4n) is 2.19. The number of esters is 1. The molecule has 1 aliphatic rings. The van der Waals surface area contributed by atoms with E-state index in [0.717, 1.165) is 15.3 Å². The number of carbonyl (C=O) groups excluding carboxylic acids is 1. The molecule has 0 unspecified atom stereocenters. The van der Waals surface area contributed by atoms with Crippen molar-refractivity contribution in [2.45, 2.75) is 6.10 Å². The first-order valence-electron chi connectivity index (χ1n) is 6.52. The Kier molecular flexibility index (Phi) is 2.85. The molecule has 1 saturated heterocycles. The second-order valence-electron chi connectivity index (χ2n) is 4.77. The highest BCUT2D eigenvalue weighted by Crippen LogP contribution is 2.31. The lowest BCUT2D eigenvalue weighted by Gasteiger charge is -2.37. The number of hydrogen-bond acceptors (Lipinski definition) is 7. The molecule has 106 valence electrons. The molecule has 6 nitrogen and oxygen atoms in total. The van der Waals surface area contributed by atoms with Crippen LogP contribution in [0.25, 0.3) is 10.2 Å². The highest BCUT2D eigenvalue weighted by atomic mass is 32.1. The summed E-state index contributed by atoms with van der Waals surface area (Å²) in [7, 11) is 0. The van der Waals surface area contributed by atoms with Crippen molar-refractivity contribution in [3.63, 3.8) is 0 Å². The zero-order valence-corrected chi connectivity index (χ0v) is 11.7. The predicted molar refractivity (Wildman–Crippen MR) is 77.5 cm³/mol. The average Bonchev–Trinajstić information content (AvgIpc) is 3.10. The van der Waals surface area contributed by atoms with Crippen LogP contribution in [0, 0.1) is 0 Å². The SMILES string of the molecule is O=C(OC1CN(c2nc3ccccc3s2)C1)c1ccno1. The largest absolute Gasteiger partial charge is 0.453 e. The van der Waals surface area contributed by atoms with E-state index in [4.69, 9.17) is 9.26 Å². The topological polar surface area (TPSA) is 68.5 Å². The van der Waals surface area contributed by atoms with E-state index in [0.29, 0.717) is 13.1 Å². The number of hydrogen-bond donors (Lipinski definition) is 0. The minimum atomic E-state index is -0.471. The van der Waals surface area contributed by atoms with Gasteiger partial charge in [-0.25, -0.2) is 9.78 Å². The standard InChI is InChI=1S/C14H11N3O3S/c18-13(11-5-6-15-20-11)19-9-7-17(8-9)14-16-10-3-1-2-4-12(10)21-14/h1-6,9H,7-8H2. The van der Waals surface area contributed by atoms with Crippen molar-refractivity contribution in [3.05, 3.63) is 42.3 Å². The maximum absolute atomic E-state index is 11.7. The molecule has 2 aromatic heterocycles. The first-order chi connectivity index (χ1) is 10.3. The summed E-state index contributed by atoms with van der Waals surface area (Å²) in [5.41, 5.74) is 1.000. The molecule has 0 radical (unpaired) electrons. The average molecular weight is 301 g/mol. The van der Waals surface area contributed by atoms with Crippen LogP contribution in [0.1, 0.15) is 10.6 Å². The molecule has 0 saturated carbocycles. The number of nitrogens with zero attached hydrogens (tertiary/aromatic N) is 3. The van der Waals surface area contributed by atoms with Crippen LogP contribution in [-0.4, -0.2) is 35.3 Å². The van der Waals surface area contributed by atoms with E-state index in [9.17, 15) is 4.79 Å². The van der Waals surface area contributed by atoms with Crippen LogP contribution in [0.15, 0.2) is 41.1 Å². The maximum Gasteiger partial charge on any atom is 0.377 e. The lowest BCUT2D eigenvalue weighted by molar-refractivity contribution is 0.0190. The summed E-state index contributed by atoms with van der Waals surface area (Å²) < 4.78 is 11.2. The molecule has 0 spiro atoms. The molecule has 1 aromatic carbocycles. The summed E-state index contributed by atoms with van der Waals surface area (Å²) >= 11 is 1.65. The fraction of sp³-hybridized carbons (Fsp3) is 0.214. The molecule has 0 bridgehead atoms. The third-order valence-corrected chi connectivity index (χ3v) is 4.41. The third-order valence-electron chi connectivity index (χ3n) is 3.31. The van der Waals surface area contributed by atoms with E-state index >= 15 is 0 Å². The van der Waals surface area contributed by atoms with Crippen molar-refractivity contribution < 1.29 is 14.1 Å². The van der Waals surface area contributed by atoms with Crippen molar-refractivity contribution in [3.8, 4) is 0 Å². The van der Waals surface area contributed by atoms with Crippen molar-refractivity contribution in [1.29, 1.82) is 0 Å². The summed E-state index contributed by atoms with van der Waals surface area (Å²) in [4.78, 5) is 18.4. The van der Waals surface area contributed by atoms with Gasteiger partial charge in [0, 0.05) is 6.07 Å². The number of anilines is 1. The Labute approximate surface area is 123 Å². The second kappa shape index (κ2) is 4.85. The minimum Gasteiger partial charge on any atom is -0.453 e. The third kappa shape index (κ3) is 2.25. The van der Waals surface area contributed by atoms with E-state index in [1.54, 1.807) is 11.3 Å². The van der Waals surface area contributed by atoms with Gasteiger partial charge in [-0.05, 0) is 12.1 Å². The van der Waals surface area contributed by atoms with Crippen LogP contribution in [-0.2, 0) is 4.74 Å². The summed E-state index contributed by atoms with van der Waals surface area (Å²) in [6.07, 6.45) is 1.29. The first kappa shape index (κ1) is 12.3. The van der Waals surface area contributed by atoms with Crippen LogP contribution >= 0.6 is 11.3 Å². The normalized spacial score (nSPS) is 15.1. The molecular weight excluding hydrogens is 290 g/mol. The Balaban J connectivity index is 1.39. The Morgan fingerprint density at radius 1 is 1.33 bits per heavy atom. The van der Waals surface area contributed by atoms with Gasteiger partial charge in [-0.15, -0.1) is 0 Å². The summed E-state index contributed by atoms with van der Waals surface area (Å²) in [5, 5.41) is 4.45. The summed E-state index contributed by atoms with van der Waals surface area (Å²) in [5.74, 6) is -0.338. The van der Waals surface area contributed by atoms with E-state index in [2.05, 4.69) is 21.1 Å². The molecule has 3 heterocycles. The Hall–Kier alpha value is -2.41. The first-order valence-corrected chi connectivity index (χ1v) is 7.33. The molecule has 0 N–H and O–H groups in total. The second-order valence-corrected chi connectivity index (χ2v) is 5.78. The Morgan fingerprint density at radius 2 is 2.19 bits per heavy atom. The van der Waals surface area contributed by atoms with Gasteiger partial charge in [0.2, 0.25) is 5.76 Å². The van der Waals surface area contributed by atoms with Crippen LogP contribution in [0.4, 0.5) is 5.13 Å². The highest BCUT2D eigenvalue weighted by Gasteiger charge is 2.33. The smallest absolute Gasteiger partial charge is 0.377 e. The summed E-state index contributed by atoms with van der Waals surface area (Å²) in [6.45, 7) is 1.30. The number of para-hydroxylation sites is 1. The molecule has 1 fully saturated rings. The van der Waals surface area contributed by atoms with Crippen molar-refractivity contribution in [2.75, 3.05) is 18.0 Å². The molecule has 0 aliphatic carbocycles. The van der Waals surface area contributed by atoms with Gasteiger partial charge in [-0.3, -0.25) is 0 Å². The molecule has 21 heavy (non-hydrogen) atoms. The monoisotopic (exact) mass is 301 g/mol. The van der Waals surface area contributed by atoms with Gasteiger partial charge in [0.25, 0.3) is 0 Å². The van der Waals surface area contributed by atoms with Gasteiger partial charge in [-0.2, -0.15) is 0 Å². The molecule has 0 amide bonds. The van der Waals surface area contributed by atoms with Crippen LogP contribution in [0.5, 0.6) is 0 Å². The number of rotatable bonds is 3. The quantitative estimate of drug-likeness (QED) is 0.692. The van der Waals surface area contributed by atoms with Crippen LogP contribution in [0.2, 0.25) is 0 Å². The van der Waals surface area contributed by atoms with Gasteiger partial charge >= 0.3 is 5.97 Å². The highest BCUT2D eigenvalue weighted by molar-refractivity contribution is 7.22. The fourth-order valence-corrected chi connectivity index (χ4v) is 3.18. The molecule has 1 aliphatic heterocycles. The predicted octanol–water partition coefficient (Wildman–Crippen LogP) is 2.33. The van der Waals surface area contributed by atoms with Gasteiger partial charge in [0.05, 0.1) is 29.5 Å². The molecule has 4 rings (SSSR count). The van der Waals surface area contributed by atoms with E-state index in [-0.39, 0.29) is 11.9 Å². The molecule has 0 atom stereocenters. The minimum absolute atomic E-state index is 0.130. The number of benzene rings is 1. The summed E-state index contributed by atoms with van der Waals surface area (Å²) in [6, 6.07) is 9.52. The Bertz CT molecular complexity index is 745. The number of thiazole rings is 1. The van der Waals surface area contributed by atoms with Gasteiger partial charge in [0.15, 0.2) is 5.13 Å².